The van der Waals surface area contributed by atoms with Crippen molar-refractivity contribution in [3.8, 4) is 0 Å². The molecule has 5 aromatic rings. The Bertz CT molecular complexity index is 2030. The van der Waals surface area contributed by atoms with Crippen LogP contribution in [0.4, 0.5) is 23.7 Å². The number of nitrogens with two attached hydrogens (primary N) is 2. The van der Waals surface area contributed by atoms with E-state index < -0.39 is 41.5 Å². The van der Waals surface area contributed by atoms with E-state index >= 15 is 0 Å². The minimum absolute atomic E-state index is 0.126. The molecular weight excluding hydrogens is 679 g/mol. The van der Waals surface area contributed by atoms with Crippen molar-refractivity contribution in [3.63, 3.8) is 0 Å². The molecule has 0 saturated carbocycles. The van der Waals surface area contributed by atoms with Crippen LogP contribution in [-0.4, -0.2) is 45.0 Å². The van der Waals surface area contributed by atoms with Gasteiger partial charge in [0.05, 0.1) is 16.6 Å². The second kappa shape index (κ2) is 16.0. The Hall–Kier alpha value is -5.87. The van der Waals surface area contributed by atoms with E-state index in [1.54, 1.807) is 67.6 Å². The zero-order valence-electron chi connectivity index (χ0n) is 26.3. The Morgan fingerprint density at radius 2 is 1.60 bits per heavy atom. The highest BCUT2D eigenvalue weighted by molar-refractivity contribution is 7.20. The number of Topliss-reactive ketones (excluding diaryl/α,β-unsaturated/α-hetero) is 1. The van der Waals surface area contributed by atoms with Gasteiger partial charge in [-0.25, -0.2) is 14.6 Å². The van der Waals surface area contributed by atoms with Gasteiger partial charge in [0, 0.05) is 12.2 Å². The molecule has 50 heavy (non-hydrogen) atoms. The number of nitrogens with zero attached hydrogens (tertiary/aromatic N) is 2. The SMILES string of the molecule is Cc1cc(CC(N)=O)c(N(C(=O)OCc2ccccc2)C(C(=O)c2nc3ccccc3s2)c2ccc(CN)cc2)c(=O)[nH]1.O=C(O)C(F)(F)F. The Morgan fingerprint density at radius 1 is 0.980 bits per heavy atom. The van der Waals surface area contributed by atoms with E-state index in [4.69, 9.17) is 26.1 Å². The number of hydrogen-bond acceptors (Lipinski definition) is 9. The van der Waals surface area contributed by atoms with E-state index in [-0.39, 0.29) is 35.8 Å². The fourth-order valence-corrected chi connectivity index (χ4v) is 5.73. The maximum Gasteiger partial charge on any atom is 0.490 e. The van der Waals surface area contributed by atoms with Gasteiger partial charge in [-0.05, 0) is 47.4 Å². The van der Waals surface area contributed by atoms with Gasteiger partial charge in [0.1, 0.15) is 18.3 Å². The molecule has 1 atom stereocenters. The first-order chi connectivity index (χ1) is 23.7. The number of anilines is 1. The molecule has 0 bridgehead atoms. The van der Waals surface area contributed by atoms with Crippen LogP contribution in [0.2, 0.25) is 0 Å². The summed E-state index contributed by atoms with van der Waals surface area (Å²) in [5.74, 6) is -4.01. The van der Waals surface area contributed by atoms with E-state index in [2.05, 4.69) is 9.97 Å². The van der Waals surface area contributed by atoms with E-state index in [0.717, 1.165) is 15.2 Å². The third-order valence-corrected chi connectivity index (χ3v) is 8.06. The molecule has 0 radical (unpaired) electrons. The third-order valence-electron chi connectivity index (χ3n) is 7.01. The quantitative estimate of drug-likeness (QED) is 0.141. The van der Waals surface area contributed by atoms with Crippen LogP contribution in [0, 0.1) is 6.92 Å². The second-order valence-electron chi connectivity index (χ2n) is 10.7. The number of aromatic nitrogens is 2. The number of aliphatic carboxylic acids is 1. The normalized spacial score (nSPS) is 11.6. The number of fused-ring (bicyclic) bond motifs is 1. The van der Waals surface area contributed by atoms with Crippen LogP contribution >= 0.6 is 11.3 Å². The maximum absolute atomic E-state index is 14.4. The van der Waals surface area contributed by atoms with Crippen LogP contribution < -0.4 is 21.9 Å². The number of ketones is 1. The number of pyridine rings is 1. The molecule has 0 aliphatic rings. The van der Waals surface area contributed by atoms with Gasteiger partial charge in [-0.2, -0.15) is 13.2 Å². The number of thiazole rings is 1. The highest BCUT2D eigenvalue weighted by atomic mass is 32.1. The molecule has 0 saturated heterocycles. The number of para-hydroxylation sites is 1. The molecule has 2 amide bonds. The number of benzene rings is 3. The summed E-state index contributed by atoms with van der Waals surface area (Å²) in [6.45, 7) is 1.78. The molecule has 0 aliphatic carbocycles. The number of H-pyrrole nitrogens is 1. The van der Waals surface area contributed by atoms with Gasteiger partial charge in [0.15, 0.2) is 5.01 Å². The third kappa shape index (κ3) is 9.18. The number of aromatic amines is 1. The van der Waals surface area contributed by atoms with E-state index in [0.29, 0.717) is 22.3 Å². The van der Waals surface area contributed by atoms with Gasteiger partial charge in [-0.1, -0.05) is 66.7 Å². The largest absolute Gasteiger partial charge is 0.490 e. The van der Waals surface area contributed by atoms with Crippen molar-refractivity contribution in [1.82, 2.24) is 9.97 Å². The monoisotopic (exact) mass is 709 g/mol. The topological polar surface area (TPSA) is 199 Å². The average Bonchev–Trinajstić information content (AvgIpc) is 3.51. The Kier molecular flexibility index (Phi) is 11.8. The molecule has 3 aromatic carbocycles. The number of nitrogens with one attached hydrogen (secondary N) is 1. The summed E-state index contributed by atoms with van der Waals surface area (Å²) < 4.78 is 38.2. The summed E-state index contributed by atoms with van der Waals surface area (Å²) >= 11 is 1.17. The second-order valence-corrected chi connectivity index (χ2v) is 11.7. The molecule has 0 spiro atoms. The number of aryl methyl sites for hydroxylation is 1. The van der Waals surface area contributed by atoms with Crippen LogP contribution in [0.1, 0.15) is 43.8 Å². The number of carbonyl (C=O) groups excluding carboxylic acids is 3. The molecular formula is C34H30F3N5O7S. The number of primary amides is 1. The maximum atomic E-state index is 14.4. The van der Waals surface area contributed by atoms with Crippen molar-refractivity contribution in [2.24, 2.45) is 11.5 Å². The highest BCUT2D eigenvalue weighted by Crippen LogP contribution is 2.34. The number of carbonyl (C=O) groups is 4. The van der Waals surface area contributed by atoms with Gasteiger partial charge in [-0.15, -0.1) is 11.3 Å². The van der Waals surface area contributed by atoms with E-state index in [9.17, 15) is 32.3 Å². The molecule has 0 aliphatic heterocycles. The molecule has 2 aromatic heterocycles. The number of halogens is 3. The van der Waals surface area contributed by atoms with Crippen molar-refractivity contribution in [1.29, 1.82) is 0 Å². The zero-order valence-corrected chi connectivity index (χ0v) is 27.1. The van der Waals surface area contributed by atoms with Crippen molar-refractivity contribution in [3.05, 3.63) is 128 Å². The molecule has 0 fully saturated rings. The molecule has 1 unspecified atom stereocenters. The fourth-order valence-electron chi connectivity index (χ4n) is 4.80. The highest BCUT2D eigenvalue weighted by Gasteiger charge is 2.39. The summed E-state index contributed by atoms with van der Waals surface area (Å²) in [6, 6.07) is 23.3. The summed E-state index contributed by atoms with van der Waals surface area (Å²) in [6.07, 6.45) is -6.40. The molecule has 260 valence electrons. The Morgan fingerprint density at radius 3 is 2.18 bits per heavy atom. The molecule has 16 heteroatoms. The molecule has 6 N–H and O–H groups in total. The van der Waals surface area contributed by atoms with Crippen LogP contribution in [0.25, 0.3) is 10.2 Å². The number of rotatable bonds is 10. The van der Waals surface area contributed by atoms with Gasteiger partial charge < -0.3 is 26.3 Å². The van der Waals surface area contributed by atoms with Crippen LogP contribution in [0.3, 0.4) is 0 Å². The van der Waals surface area contributed by atoms with Crippen LogP contribution in [0.15, 0.2) is 89.7 Å². The molecule has 12 nitrogen and oxygen atoms in total. The number of amides is 2. The lowest BCUT2D eigenvalue weighted by molar-refractivity contribution is -0.192. The lowest BCUT2D eigenvalue weighted by Gasteiger charge is -2.31. The summed E-state index contributed by atoms with van der Waals surface area (Å²) in [4.78, 5) is 71.4. The number of hydrogen-bond donors (Lipinski definition) is 4. The lowest BCUT2D eigenvalue weighted by atomic mass is 9.98. The lowest BCUT2D eigenvalue weighted by Crippen LogP contribution is -2.43. The predicted molar refractivity (Wildman–Crippen MR) is 179 cm³/mol. The Labute approximate surface area is 286 Å². The minimum Gasteiger partial charge on any atom is -0.475 e. The predicted octanol–water partition coefficient (Wildman–Crippen LogP) is 5.18. The molecule has 2 heterocycles. The number of carboxylic acid groups (broad SMARTS) is 1. The first kappa shape index (κ1) is 37.0. The van der Waals surface area contributed by atoms with Crippen LogP contribution in [0.5, 0.6) is 0 Å². The first-order valence-corrected chi connectivity index (χ1v) is 15.5. The van der Waals surface area contributed by atoms with Crippen molar-refractivity contribution >= 4 is 51.0 Å². The van der Waals surface area contributed by atoms with Crippen LogP contribution in [-0.2, 0) is 33.9 Å². The zero-order chi connectivity index (χ0) is 36.6. The number of alkyl halides is 3. The standard InChI is InChI=1S/C32H29N5O5S.C2HF3O2/c1-19-15-23(16-26(34)38)28(30(40)35-19)37(32(41)42-18-21-7-3-2-4-8-21)27(22-13-11-20(17-33)12-14-22)29(39)31-36-24-9-5-6-10-25(24)43-31;3-2(4,5)1(6)7/h2-15,27H,16-18,33H2,1H3,(H2,34,38)(H,35,40);(H,6,7). The smallest absolute Gasteiger partial charge is 0.475 e. The van der Waals surface area contributed by atoms with Crippen molar-refractivity contribution < 1.29 is 42.2 Å². The summed E-state index contributed by atoms with van der Waals surface area (Å²) in [5, 5.41) is 7.26. The van der Waals surface area contributed by atoms with E-state index in [1.165, 1.54) is 11.3 Å². The van der Waals surface area contributed by atoms with Gasteiger partial charge in [0.2, 0.25) is 11.7 Å². The van der Waals surface area contributed by atoms with Crippen molar-refractivity contribution in [2.75, 3.05) is 4.90 Å². The number of ether oxygens (including phenoxy) is 1. The van der Waals surface area contributed by atoms with Gasteiger partial charge >= 0.3 is 18.2 Å². The summed E-state index contributed by atoms with van der Waals surface area (Å²) in [7, 11) is 0. The number of carboxylic acids is 1. The van der Waals surface area contributed by atoms with E-state index in [1.807, 2.05) is 24.3 Å². The first-order valence-electron chi connectivity index (χ1n) is 14.7. The Balaban J connectivity index is 0.000000727. The van der Waals surface area contributed by atoms with Crippen molar-refractivity contribution in [2.45, 2.75) is 38.7 Å². The minimum atomic E-state index is -5.08. The average molecular weight is 710 g/mol. The van der Waals surface area contributed by atoms with Gasteiger partial charge in [0.25, 0.3) is 5.56 Å². The fraction of sp³-hybridized carbons (Fsp3) is 0.176. The summed E-state index contributed by atoms with van der Waals surface area (Å²) in [5.41, 5.74) is 13.6. The van der Waals surface area contributed by atoms with Gasteiger partial charge in [-0.3, -0.25) is 19.3 Å². The molecule has 5 rings (SSSR count).